The van der Waals surface area contributed by atoms with Crippen LogP contribution in [0.3, 0.4) is 0 Å². The molecule has 3 aromatic rings. The lowest BCUT2D eigenvalue weighted by Gasteiger charge is -2.18. The number of halogens is 1. The molecule has 0 aliphatic carbocycles. The van der Waals surface area contributed by atoms with Crippen LogP contribution in [0.4, 0.5) is 0 Å². The molecule has 0 bridgehead atoms. The van der Waals surface area contributed by atoms with Gasteiger partial charge in [-0.25, -0.2) is 9.97 Å². The fourth-order valence-corrected chi connectivity index (χ4v) is 3.24. The van der Waals surface area contributed by atoms with Crippen LogP contribution in [0, 0.1) is 0 Å². The summed E-state index contributed by atoms with van der Waals surface area (Å²) in [5.41, 5.74) is 2.78. The van der Waals surface area contributed by atoms with Gasteiger partial charge in [-0.05, 0) is 45.3 Å². The first kappa shape index (κ1) is 19.3. The predicted octanol–water partition coefficient (Wildman–Crippen LogP) is 3.31. The predicted molar refractivity (Wildman–Crippen MR) is 109 cm³/mol. The number of rotatable bonds is 6. The Bertz CT molecular complexity index is 966. The first-order valence-electron chi connectivity index (χ1n) is 8.86. The molecule has 0 saturated heterocycles. The van der Waals surface area contributed by atoms with Gasteiger partial charge >= 0.3 is 0 Å². The summed E-state index contributed by atoms with van der Waals surface area (Å²) in [6, 6.07) is 9.37. The Labute approximate surface area is 164 Å². The molecular formula is C20H24ClN5O. The highest BCUT2D eigenvalue weighted by atomic mass is 35.5. The van der Waals surface area contributed by atoms with E-state index in [0.29, 0.717) is 22.6 Å². The maximum Gasteiger partial charge on any atom is 0.255 e. The minimum Gasteiger partial charge on any atom is -0.342 e. The lowest BCUT2D eigenvalue weighted by molar-refractivity contribution is 0.0790. The number of amides is 1. The lowest BCUT2D eigenvalue weighted by atomic mass is 10.2. The van der Waals surface area contributed by atoms with E-state index in [1.807, 2.05) is 57.0 Å². The minimum atomic E-state index is -0.0481. The van der Waals surface area contributed by atoms with Crippen molar-refractivity contribution in [3.8, 4) is 11.4 Å². The van der Waals surface area contributed by atoms with Gasteiger partial charge in [0.25, 0.3) is 5.91 Å². The van der Waals surface area contributed by atoms with E-state index in [2.05, 4.69) is 14.9 Å². The molecule has 0 saturated carbocycles. The molecule has 0 aliphatic rings. The molecular weight excluding hydrogens is 362 g/mol. The Balaban J connectivity index is 1.87. The minimum absolute atomic E-state index is 0.0481. The van der Waals surface area contributed by atoms with Crippen molar-refractivity contribution in [3.05, 3.63) is 47.1 Å². The van der Waals surface area contributed by atoms with E-state index < -0.39 is 0 Å². The van der Waals surface area contributed by atoms with E-state index in [1.165, 1.54) is 0 Å². The van der Waals surface area contributed by atoms with Gasteiger partial charge in [0.2, 0.25) is 0 Å². The van der Waals surface area contributed by atoms with Crippen molar-refractivity contribution >= 4 is 28.7 Å². The molecule has 1 amide bonds. The lowest BCUT2D eigenvalue weighted by Crippen LogP contribution is -2.29. The summed E-state index contributed by atoms with van der Waals surface area (Å²) in [6.07, 6.45) is 2.54. The Morgan fingerprint density at radius 3 is 2.63 bits per heavy atom. The van der Waals surface area contributed by atoms with E-state index in [-0.39, 0.29) is 5.91 Å². The molecule has 0 aliphatic heterocycles. The number of carbonyl (C=O) groups is 1. The summed E-state index contributed by atoms with van der Waals surface area (Å²) in [4.78, 5) is 25.7. The quantitative estimate of drug-likeness (QED) is 0.653. The van der Waals surface area contributed by atoms with Crippen LogP contribution in [0.1, 0.15) is 16.8 Å². The number of nitrogens with zero attached hydrogens (tertiary/aromatic N) is 5. The van der Waals surface area contributed by atoms with Gasteiger partial charge in [0, 0.05) is 32.4 Å². The van der Waals surface area contributed by atoms with Crippen molar-refractivity contribution in [1.82, 2.24) is 24.3 Å². The first-order valence-corrected chi connectivity index (χ1v) is 9.24. The maximum atomic E-state index is 12.7. The van der Waals surface area contributed by atoms with E-state index in [9.17, 15) is 4.79 Å². The van der Waals surface area contributed by atoms with Crippen LogP contribution in [0.25, 0.3) is 22.6 Å². The molecule has 142 valence electrons. The highest BCUT2D eigenvalue weighted by Crippen LogP contribution is 2.28. The smallest absolute Gasteiger partial charge is 0.255 e. The van der Waals surface area contributed by atoms with E-state index >= 15 is 0 Å². The van der Waals surface area contributed by atoms with Gasteiger partial charge in [-0.3, -0.25) is 4.79 Å². The number of carbonyl (C=O) groups excluding carboxylic acids is 1. The third-order valence-corrected chi connectivity index (χ3v) is 4.85. The maximum absolute atomic E-state index is 12.7. The van der Waals surface area contributed by atoms with Crippen molar-refractivity contribution in [3.63, 3.8) is 0 Å². The topological polar surface area (TPSA) is 54.3 Å². The molecule has 6 nitrogen and oxygen atoms in total. The summed E-state index contributed by atoms with van der Waals surface area (Å²) >= 11 is 6.31. The van der Waals surface area contributed by atoms with Gasteiger partial charge in [-0.2, -0.15) is 0 Å². The van der Waals surface area contributed by atoms with Crippen LogP contribution >= 0.6 is 11.6 Å². The van der Waals surface area contributed by atoms with Crippen LogP contribution < -0.4 is 0 Å². The highest BCUT2D eigenvalue weighted by molar-refractivity contribution is 6.33. The Morgan fingerprint density at radius 1 is 1.19 bits per heavy atom. The fourth-order valence-electron chi connectivity index (χ4n) is 3.02. The molecule has 0 N–H and O–H groups in total. The van der Waals surface area contributed by atoms with Crippen molar-refractivity contribution in [2.45, 2.75) is 6.42 Å². The van der Waals surface area contributed by atoms with Crippen molar-refractivity contribution in [1.29, 1.82) is 0 Å². The van der Waals surface area contributed by atoms with Gasteiger partial charge in [-0.15, -0.1) is 0 Å². The summed E-state index contributed by atoms with van der Waals surface area (Å²) in [7, 11) is 7.76. The number of pyridine rings is 1. The number of benzene rings is 1. The standard InChI is InChI=1S/C20H24ClN5O/c1-24(2)10-7-11-25(3)20(27)14-12-17-19(22-13-14)26(4)18(23-17)15-8-5-6-9-16(15)21/h5-6,8-9,12-13H,7,10-11H2,1-4H3. The zero-order valence-electron chi connectivity index (χ0n) is 16.1. The monoisotopic (exact) mass is 385 g/mol. The third-order valence-electron chi connectivity index (χ3n) is 4.52. The van der Waals surface area contributed by atoms with Crippen molar-refractivity contribution < 1.29 is 4.79 Å². The molecule has 27 heavy (non-hydrogen) atoms. The van der Waals surface area contributed by atoms with Gasteiger partial charge in [-0.1, -0.05) is 23.7 Å². The fraction of sp³-hybridized carbons (Fsp3) is 0.350. The largest absolute Gasteiger partial charge is 0.342 e. The first-order chi connectivity index (χ1) is 12.9. The van der Waals surface area contributed by atoms with E-state index in [4.69, 9.17) is 11.6 Å². The summed E-state index contributed by atoms with van der Waals surface area (Å²) < 4.78 is 1.89. The average molecular weight is 386 g/mol. The molecule has 7 heteroatoms. The van der Waals surface area contributed by atoms with Gasteiger partial charge in [0.15, 0.2) is 5.65 Å². The highest BCUT2D eigenvalue weighted by Gasteiger charge is 2.17. The number of hydrogen-bond donors (Lipinski definition) is 0. The van der Waals surface area contributed by atoms with Crippen LogP contribution in [-0.2, 0) is 7.05 Å². The van der Waals surface area contributed by atoms with Gasteiger partial charge in [0.05, 0.1) is 10.6 Å². The van der Waals surface area contributed by atoms with Crippen molar-refractivity contribution in [2.75, 3.05) is 34.2 Å². The third kappa shape index (κ3) is 4.12. The Morgan fingerprint density at radius 2 is 1.93 bits per heavy atom. The summed E-state index contributed by atoms with van der Waals surface area (Å²) in [6.45, 7) is 1.64. The molecule has 3 rings (SSSR count). The number of fused-ring (bicyclic) bond motifs is 1. The average Bonchev–Trinajstić information content (AvgIpc) is 2.97. The number of hydrogen-bond acceptors (Lipinski definition) is 4. The molecule has 2 aromatic heterocycles. The normalized spacial score (nSPS) is 11.3. The molecule has 2 heterocycles. The van der Waals surface area contributed by atoms with E-state index in [0.717, 1.165) is 30.0 Å². The number of aryl methyl sites for hydroxylation is 1. The Kier molecular flexibility index (Phi) is 5.77. The van der Waals surface area contributed by atoms with Crippen LogP contribution in [0.2, 0.25) is 5.02 Å². The SMILES string of the molecule is CN(C)CCCN(C)C(=O)c1cnc2c(c1)nc(-c1ccccc1Cl)n2C. The summed E-state index contributed by atoms with van der Waals surface area (Å²) in [5.74, 6) is 0.681. The van der Waals surface area contributed by atoms with Crippen molar-refractivity contribution in [2.24, 2.45) is 7.05 Å². The molecule has 0 atom stereocenters. The number of aromatic nitrogens is 3. The van der Waals surface area contributed by atoms with Crippen LogP contribution in [-0.4, -0.2) is 64.5 Å². The zero-order valence-corrected chi connectivity index (χ0v) is 16.9. The van der Waals surface area contributed by atoms with Crippen LogP contribution in [0.5, 0.6) is 0 Å². The second kappa shape index (κ2) is 8.06. The van der Waals surface area contributed by atoms with Crippen LogP contribution in [0.15, 0.2) is 36.5 Å². The zero-order chi connectivity index (χ0) is 19.6. The molecule has 1 aromatic carbocycles. The molecule has 0 spiro atoms. The summed E-state index contributed by atoms with van der Waals surface area (Å²) in [5, 5.41) is 0.632. The molecule has 0 fully saturated rings. The van der Waals surface area contributed by atoms with Gasteiger partial charge < -0.3 is 14.4 Å². The second-order valence-electron chi connectivity index (χ2n) is 6.92. The number of imidazole rings is 1. The Hall–Kier alpha value is -2.44. The molecule has 0 radical (unpaired) electrons. The second-order valence-corrected chi connectivity index (χ2v) is 7.33. The van der Waals surface area contributed by atoms with E-state index in [1.54, 1.807) is 17.2 Å². The van der Waals surface area contributed by atoms with Gasteiger partial charge in [0.1, 0.15) is 11.3 Å². The molecule has 0 unspecified atom stereocenters.